The fraction of sp³-hybridized carbons (Fsp3) is 1.00. The highest BCUT2D eigenvalue weighted by atomic mass is 14.6. The molecule has 0 N–H and O–H groups in total. The van der Waals surface area contributed by atoms with Crippen molar-refractivity contribution in [2.75, 3.05) is 0 Å². The van der Waals surface area contributed by atoms with E-state index >= 15 is 0 Å². The van der Waals surface area contributed by atoms with Gasteiger partial charge in [0.15, 0.2) is 0 Å². The lowest BCUT2D eigenvalue weighted by Gasteiger charge is -2.61. The average Bonchev–Trinajstić information content (AvgIpc) is 1.95. The second-order valence-corrected chi connectivity index (χ2v) is 4.70. The molecule has 3 unspecified atom stereocenters. The van der Waals surface area contributed by atoms with E-state index in [2.05, 4.69) is 13.8 Å². The van der Waals surface area contributed by atoms with Gasteiger partial charge in [-0.25, -0.2) is 0 Å². The molecule has 0 amide bonds. The molecular weight excluding hydrogens is 132 g/mol. The molecule has 2 saturated carbocycles. The topological polar surface area (TPSA) is 0 Å². The van der Waals surface area contributed by atoms with Crippen molar-refractivity contribution in [3.63, 3.8) is 0 Å². The summed E-state index contributed by atoms with van der Waals surface area (Å²) < 4.78 is 0. The molecular formula is C11H20. The lowest BCUT2D eigenvalue weighted by molar-refractivity contribution is -0.107. The Balaban J connectivity index is 1.94. The standard InChI is InChI=1S/C11H20/c1-3-4-10-6-8-11(10)7-5-9(11)2/h9-10H,3-8H2,1-2H3. The van der Waals surface area contributed by atoms with Gasteiger partial charge in [-0.3, -0.25) is 0 Å². The van der Waals surface area contributed by atoms with Crippen molar-refractivity contribution in [2.24, 2.45) is 17.3 Å². The van der Waals surface area contributed by atoms with Crippen LogP contribution in [0.3, 0.4) is 0 Å². The molecule has 2 aliphatic carbocycles. The maximum Gasteiger partial charge on any atom is -0.0243 e. The second-order valence-electron chi connectivity index (χ2n) is 4.70. The molecule has 0 radical (unpaired) electrons. The lowest BCUT2D eigenvalue weighted by atomic mass is 9.44. The van der Waals surface area contributed by atoms with Gasteiger partial charge in [-0.05, 0) is 42.9 Å². The summed E-state index contributed by atoms with van der Waals surface area (Å²) >= 11 is 0. The van der Waals surface area contributed by atoms with Crippen LogP contribution in [0.5, 0.6) is 0 Å². The van der Waals surface area contributed by atoms with E-state index < -0.39 is 0 Å². The average molecular weight is 152 g/mol. The first-order chi connectivity index (χ1) is 5.29. The van der Waals surface area contributed by atoms with Crippen molar-refractivity contribution in [1.82, 2.24) is 0 Å². The Morgan fingerprint density at radius 2 is 2.00 bits per heavy atom. The number of rotatable bonds is 2. The van der Waals surface area contributed by atoms with E-state index in [1.54, 1.807) is 12.8 Å². The molecule has 2 rings (SSSR count). The van der Waals surface area contributed by atoms with Gasteiger partial charge >= 0.3 is 0 Å². The molecule has 2 fully saturated rings. The van der Waals surface area contributed by atoms with Gasteiger partial charge in [-0.2, -0.15) is 0 Å². The zero-order valence-electron chi connectivity index (χ0n) is 7.90. The Morgan fingerprint density at radius 3 is 2.27 bits per heavy atom. The van der Waals surface area contributed by atoms with E-state index in [9.17, 15) is 0 Å². The Labute approximate surface area is 70.4 Å². The van der Waals surface area contributed by atoms with Gasteiger partial charge in [0.1, 0.15) is 0 Å². The summed E-state index contributed by atoms with van der Waals surface area (Å²) in [6.45, 7) is 4.79. The Bertz CT molecular complexity index is 146. The molecule has 0 aromatic carbocycles. The number of hydrogen-bond acceptors (Lipinski definition) is 0. The van der Waals surface area contributed by atoms with Crippen LogP contribution in [0.1, 0.15) is 52.4 Å². The third kappa shape index (κ3) is 0.878. The van der Waals surface area contributed by atoms with Crippen molar-refractivity contribution in [1.29, 1.82) is 0 Å². The van der Waals surface area contributed by atoms with Crippen molar-refractivity contribution in [2.45, 2.75) is 52.4 Å². The highest BCUT2D eigenvalue weighted by molar-refractivity contribution is 5.04. The largest absolute Gasteiger partial charge is 0.0654 e. The van der Waals surface area contributed by atoms with E-state index in [4.69, 9.17) is 0 Å². The SMILES string of the molecule is CCCC1CCC12CCC2C. The molecule has 0 heteroatoms. The minimum absolute atomic E-state index is 0.871. The van der Waals surface area contributed by atoms with E-state index in [1.165, 1.54) is 25.7 Å². The fourth-order valence-corrected chi connectivity index (χ4v) is 3.28. The van der Waals surface area contributed by atoms with Crippen LogP contribution >= 0.6 is 0 Å². The maximum absolute atomic E-state index is 2.46. The predicted molar refractivity (Wildman–Crippen MR) is 48.5 cm³/mol. The van der Waals surface area contributed by atoms with Gasteiger partial charge in [0.2, 0.25) is 0 Å². The third-order valence-corrected chi connectivity index (χ3v) is 4.43. The summed E-state index contributed by atoms with van der Waals surface area (Å²) in [7, 11) is 0. The molecule has 0 aliphatic heterocycles. The van der Waals surface area contributed by atoms with Crippen LogP contribution in [0.2, 0.25) is 0 Å². The van der Waals surface area contributed by atoms with Crippen molar-refractivity contribution < 1.29 is 0 Å². The third-order valence-electron chi connectivity index (χ3n) is 4.43. The van der Waals surface area contributed by atoms with Crippen molar-refractivity contribution in [3.8, 4) is 0 Å². The summed E-state index contributed by atoms with van der Waals surface area (Å²) in [5.41, 5.74) is 0.871. The van der Waals surface area contributed by atoms with Gasteiger partial charge in [-0.1, -0.05) is 26.7 Å². The van der Waals surface area contributed by atoms with Gasteiger partial charge in [-0.15, -0.1) is 0 Å². The minimum Gasteiger partial charge on any atom is -0.0654 e. The van der Waals surface area contributed by atoms with E-state index in [1.807, 2.05) is 0 Å². The van der Waals surface area contributed by atoms with Crippen LogP contribution in [-0.2, 0) is 0 Å². The normalized spacial score (nSPS) is 48.5. The molecule has 1 spiro atoms. The molecule has 3 atom stereocenters. The fourth-order valence-electron chi connectivity index (χ4n) is 3.28. The van der Waals surface area contributed by atoms with Crippen LogP contribution in [-0.4, -0.2) is 0 Å². The quantitative estimate of drug-likeness (QED) is 0.567. The van der Waals surface area contributed by atoms with Crippen molar-refractivity contribution >= 4 is 0 Å². The summed E-state index contributed by atoms with van der Waals surface area (Å²) in [5, 5.41) is 0. The minimum atomic E-state index is 0.871. The Hall–Kier alpha value is 0. The van der Waals surface area contributed by atoms with Crippen LogP contribution in [0.15, 0.2) is 0 Å². The Kier molecular flexibility index (Phi) is 1.74. The highest BCUT2D eigenvalue weighted by Gasteiger charge is 2.54. The molecule has 11 heavy (non-hydrogen) atoms. The number of hydrogen-bond donors (Lipinski definition) is 0. The molecule has 2 aliphatic rings. The molecule has 0 saturated heterocycles. The van der Waals surface area contributed by atoms with Crippen LogP contribution in [0.4, 0.5) is 0 Å². The predicted octanol–water partition coefficient (Wildman–Crippen LogP) is 3.61. The van der Waals surface area contributed by atoms with Gasteiger partial charge in [0.25, 0.3) is 0 Å². The summed E-state index contributed by atoms with van der Waals surface area (Å²) in [4.78, 5) is 0. The molecule has 0 bridgehead atoms. The molecule has 0 aromatic rings. The summed E-state index contributed by atoms with van der Waals surface area (Å²) in [6, 6.07) is 0. The van der Waals surface area contributed by atoms with Crippen molar-refractivity contribution in [3.05, 3.63) is 0 Å². The zero-order chi connectivity index (χ0) is 7.90. The van der Waals surface area contributed by atoms with E-state index in [0.29, 0.717) is 0 Å². The molecule has 0 nitrogen and oxygen atoms in total. The Morgan fingerprint density at radius 1 is 1.27 bits per heavy atom. The van der Waals surface area contributed by atoms with E-state index in [0.717, 1.165) is 17.3 Å². The maximum atomic E-state index is 2.46. The molecule has 0 heterocycles. The lowest BCUT2D eigenvalue weighted by Crippen LogP contribution is -2.51. The monoisotopic (exact) mass is 152 g/mol. The van der Waals surface area contributed by atoms with Crippen LogP contribution < -0.4 is 0 Å². The zero-order valence-corrected chi connectivity index (χ0v) is 7.90. The summed E-state index contributed by atoms with van der Waals surface area (Å²) in [6.07, 6.45) is 9.07. The first-order valence-corrected chi connectivity index (χ1v) is 5.29. The first kappa shape index (κ1) is 7.64. The highest BCUT2D eigenvalue weighted by Crippen LogP contribution is 2.64. The van der Waals surface area contributed by atoms with Crippen LogP contribution in [0.25, 0.3) is 0 Å². The summed E-state index contributed by atoms with van der Waals surface area (Å²) in [5.74, 6) is 2.18. The molecule has 64 valence electrons. The van der Waals surface area contributed by atoms with Crippen LogP contribution in [0, 0.1) is 17.3 Å². The smallest absolute Gasteiger partial charge is 0.0243 e. The molecule has 0 aromatic heterocycles. The van der Waals surface area contributed by atoms with Gasteiger partial charge < -0.3 is 0 Å². The van der Waals surface area contributed by atoms with E-state index in [-0.39, 0.29) is 0 Å². The second kappa shape index (κ2) is 2.50. The van der Waals surface area contributed by atoms with Gasteiger partial charge in [0.05, 0.1) is 0 Å². The van der Waals surface area contributed by atoms with Gasteiger partial charge in [0, 0.05) is 0 Å². The first-order valence-electron chi connectivity index (χ1n) is 5.29.